The van der Waals surface area contributed by atoms with Crippen LogP contribution in [0.15, 0.2) is 12.4 Å². The fraction of sp³-hybridized carbons (Fsp3) is 0.500. The molecule has 0 aliphatic carbocycles. The molecule has 0 aliphatic heterocycles. The van der Waals surface area contributed by atoms with Gasteiger partial charge in [0.2, 0.25) is 5.88 Å². The lowest BCUT2D eigenvalue weighted by molar-refractivity contribution is -0.157. The highest BCUT2D eigenvalue weighted by molar-refractivity contribution is 6.29. The van der Waals surface area contributed by atoms with Crippen molar-refractivity contribution < 1.29 is 14.3 Å². The summed E-state index contributed by atoms with van der Waals surface area (Å²) >= 11 is 5.54. The quantitative estimate of drug-likeness (QED) is 0.760. The van der Waals surface area contributed by atoms with Crippen molar-refractivity contribution in [2.24, 2.45) is 0 Å². The molecule has 0 saturated carbocycles. The number of rotatable bonds is 3. The van der Waals surface area contributed by atoms with Gasteiger partial charge in [0.1, 0.15) is 10.8 Å². The largest absolute Gasteiger partial charge is 0.465 e. The molecule has 0 atom stereocenters. The summed E-state index contributed by atoms with van der Waals surface area (Å²) in [5, 5.41) is 0.268. The summed E-state index contributed by atoms with van der Waals surface area (Å²) in [6.45, 7) is 5.15. The number of hydrogen-bond donors (Lipinski definition) is 0. The van der Waals surface area contributed by atoms with E-state index in [0.717, 1.165) is 0 Å². The second-order valence-electron chi connectivity index (χ2n) is 4.05. The van der Waals surface area contributed by atoms with Gasteiger partial charge < -0.3 is 9.47 Å². The van der Waals surface area contributed by atoms with Gasteiger partial charge in [-0.15, -0.1) is 0 Å². The molecule has 6 heteroatoms. The standard InChI is InChI=1S/C10H13ClN2O3/c1-10(2,3)16-9(14)6-15-8-5-12-7(11)4-13-8/h4-5H,6H2,1-3H3. The minimum Gasteiger partial charge on any atom is -0.465 e. The Bertz CT molecular complexity index is 359. The van der Waals surface area contributed by atoms with Crippen LogP contribution in [0.4, 0.5) is 0 Å². The van der Waals surface area contributed by atoms with Gasteiger partial charge >= 0.3 is 5.97 Å². The molecule has 0 radical (unpaired) electrons. The van der Waals surface area contributed by atoms with Crippen LogP contribution in [-0.4, -0.2) is 28.1 Å². The van der Waals surface area contributed by atoms with Gasteiger partial charge in [0.05, 0.1) is 12.4 Å². The van der Waals surface area contributed by atoms with E-state index in [1.807, 2.05) is 0 Å². The van der Waals surface area contributed by atoms with E-state index in [1.54, 1.807) is 20.8 Å². The maximum Gasteiger partial charge on any atom is 0.344 e. The van der Waals surface area contributed by atoms with E-state index in [9.17, 15) is 4.79 Å². The highest BCUT2D eigenvalue weighted by Gasteiger charge is 2.16. The Morgan fingerprint density at radius 1 is 1.38 bits per heavy atom. The number of nitrogens with zero attached hydrogens (tertiary/aromatic N) is 2. The van der Waals surface area contributed by atoms with Gasteiger partial charge in [-0.05, 0) is 20.8 Å². The molecule has 0 amide bonds. The van der Waals surface area contributed by atoms with Crippen LogP contribution in [0.2, 0.25) is 5.15 Å². The topological polar surface area (TPSA) is 61.3 Å². The Kier molecular flexibility index (Phi) is 4.06. The fourth-order valence-electron chi connectivity index (χ4n) is 0.879. The molecule has 0 spiro atoms. The lowest BCUT2D eigenvalue weighted by atomic mass is 10.2. The molecular formula is C10H13ClN2O3. The minimum absolute atomic E-state index is 0.201. The number of halogens is 1. The Balaban J connectivity index is 2.40. The van der Waals surface area contributed by atoms with Crippen LogP contribution < -0.4 is 4.74 Å². The van der Waals surface area contributed by atoms with Crippen molar-refractivity contribution in [2.75, 3.05) is 6.61 Å². The van der Waals surface area contributed by atoms with Gasteiger partial charge in [0.25, 0.3) is 0 Å². The predicted octanol–water partition coefficient (Wildman–Crippen LogP) is 1.85. The second-order valence-corrected chi connectivity index (χ2v) is 4.44. The smallest absolute Gasteiger partial charge is 0.344 e. The minimum atomic E-state index is -0.522. The second kappa shape index (κ2) is 5.12. The molecule has 0 unspecified atom stereocenters. The number of carbonyl (C=O) groups is 1. The first-order valence-electron chi connectivity index (χ1n) is 4.69. The van der Waals surface area contributed by atoms with Crippen LogP contribution in [0.25, 0.3) is 0 Å². The molecular weight excluding hydrogens is 232 g/mol. The monoisotopic (exact) mass is 244 g/mol. The average molecular weight is 245 g/mol. The molecule has 0 fully saturated rings. The normalized spacial score (nSPS) is 11.0. The molecule has 0 N–H and O–H groups in total. The van der Waals surface area contributed by atoms with Gasteiger partial charge in [-0.25, -0.2) is 14.8 Å². The van der Waals surface area contributed by atoms with Crippen molar-refractivity contribution in [3.05, 3.63) is 17.5 Å². The highest BCUT2D eigenvalue weighted by atomic mass is 35.5. The number of ether oxygens (including phenoxy) is 2. The van der Waals surface area contributed by atoms with E-state index in [4.69, 9.17) is 21.1 Å². The lowest BCUT2D eigenvalue weighted by Gasteiger charge is -2.19. The van der Waals surface area contributed by atoms with E-state index >= 15 is 0 Å². The van der Waals surface area contributed by atoms with Crippen molar-refractivity contribution >= 4 is 17.6 Å². The molecule has 5 nitrogen and oxygen atoms in total. The molecule has 1 heterocycles. The van der Waals surface area contributed by atoms with Gasteiger partial charge in [-0.1, -0.05) is 11.6 Å². The van der Waals surface area contributed by atoms with Crippen LogP contribution in [0.1, 0.15) is 20.8 Å². The number of hydrogen-bond acceptors (Lipinski definition) is 5. The number of carbonyl (C=O) groups excluding carboxylic acids is 1. The van der Waals surface area contributed by atoms with Gasteiger partial charge in [0.15, 0.2) is 6.61 Å². The highest BCUT2D eigenvalue weighted by Crippen LogP contribution is 2.09. The van der Waals surface area contributed by atoms with E-state index in [0.29, 0.717) is 0 Å². The molecule has 0 bridgehead atoms. The third-order valence-electron chi connectivity index (χ3n) is 1.35. The zero-order valence-electron chi connectivity index (χ0n) is 9.36. The maximum absolute atomic E-state index is 11.3. The van der Waals surface area contributed by atoms with Crippen LogP contribution in [0.3, 0.4) is 0 Å². The summed E-state index contributed by atoms with van der Waals surface area (Å²) in [7, 11) is 0. The van der Waals surface area contributed by atoms with Crippen molar-refractivity contribution in [3.8, 4) is 5.88 Å². The lowest BCUT2D eigenvalue weighted by Crippen LogP contribution is -2.27. The zero-order valence-corrected chi connectivity index (χ0v) is 10.1. The van der Waals surface area contributed by atoms with E-state index in [1.165, 1.54) is 12.4 Å². The number of aromatic nitrogens is 2. The van der Waals surface area contributed by atoms with Crippen LogP contribution >= 0.6 is 11.6 Å². The first kappa shape index (κ1) is 12.7. The Hall–Kier alpha value is -1.36. The summed E-state index contributed by atoms with van der Waals surface area (Å²) in [6.07, 6.45) is 2.68. The van der Waals surface area contributed by atoms with Crippen LogP contribution in [0, 0.1) is 0 Å². The molecule has 1 aromatic heterocycles. The summed E-state index contributed by atoms with van der Waals surface area (Å²) in [5.74, 6) is -0.223. The van der Waals surface area contributed by atoms with Crippen molar-refractivity contribution in [1.29, 1.82) is 0 Å². The molecule has 1 aromatic rings. The zero-order chi connectivity index (χ0) is 12.2. The SMILES string of the molecule is CC(C)(C)OC(=O)COc1cnc(Cl)cn1. The first-order chi connectivity index (χ1) is 7.37. The van der Waals surface area contributed by atoms with E-state index in [-0.39, 0.29) is 17.6 Å². The average Bonchev–Trinajstić information content (AvgIpc) is 2.14. The predicted molar refractivity (Wildman–Crippen MR) is 58.4 cm³/mol. The molecule has 1 rings (SSSR count). The Labute approximate surface area is 98.8 Å². The van der Waals surface area contributed by atoms with Crippen molar-refractivity contribution in [1.82, 2.24) is 9.97 Å². The summed E-state index contributed by atoms with van der Waals surface area (Å²) < 4.78 is 10.1. The van der Waals surface area contributed by atoms with Crippen molar-refractivity contribution in [3.63, 3.8) is 0 Å². The molecule has 16 heavy (non-hydrogen) atoms. The molecule has 88 valence electrons. The van der Waals surface area contributed by atoms with E-state index < -0.39 is 11.6 Å². The van der Waals surface area contributed by atoms with Gasteiger partial charge in [-0.2, -0.15) is 0 Å². The molecule has 0 aliphatic rings. The molecule has 0 aromatic carbocycles. The number of esters is 1. The Morgan fingerprint density at radius 2 is 2.06 bits per heavy atom. The third kappa shape index (κ3) is 4.93. The maximum atomic E-state index is 11.3. The van der Waals surface area contributed by atoms with Gasteiger partial charge in [-0.3, -0.25) is 0 Å². The Morgan fingerprint density at radius 3 is 2.56 bits per heavy atom. The molecule has 0 saturated heterocycles. The van der Waals surface area contributed by atoms with Crippen molar-refractivity contribution in [2.45, 2.75) is 26.4 Å². The summed E-state index contributed by atoms with van der Waals surface area (Å²) in [5.41, 5.74) is -0.522. The van der Waals surface area contributed by atoms with Crippen LogP contribution in [-0.2, 0) is 9.53 Å². The van der Waals surface area contributed by atoms with Crippen LogP contribution in [0.5, 0.6) is 5.88 Å². The fourth-order valence-corrected chi connectivity index (χ4v) is 0.976. The first-order valence-corrected chi connectivity index (χ1v) is 5.07. The van der Waals surface area contributed by atoms with E-state index in [2.05, 4.69) is 9.97 Å². The summed E-state index contributed by atoms with van der Waals surface area (Å²) in [4.78, 5) is 18.9. The third-order valence-corrected chi connectivity index (χ3v) is 1.55. The summed E-state index contributed by atoms with van der Waals surface area (Å²) in [6, 6.07) is 0. The van der Waals surface area contributed by atoms with Gasteiger partial charge in [0, 0.05) is 0 Å².